The number of hydrogen-bond acceptors (Lipinski definition) is 6. The molecule has 0 aliphatic carbocycles. The largest absolute Gasteiger partial charge is 0.478 e. The summed E-state index contributed by atoms with van der Waals surface area (Å²) in [6.45, 7) is 4.51. The number of aromatic nitrogens is 1. The molecule has 4 aromatic rings. The number of benzene rings is 3. The average Bonchev–Trinajstić information content (AvgIpc) is 3.52. The summed E-state index contributed by atoms with van der Waals surface area (Å²) in [6.07, 6.45) is -1.17. The molecule has 1 aromatic heterocycles. The van der Waals surface area contributed by atoms with E-state index in [9.17, 15) is 37.5 Å². The molecule has 2 aliphatic heterocycles. The van der Waals surface area contributed by atoms with Crippen molar-refractivity contribution in [1.29, 1.82) is 0 Å². The molecule has 2 aliphatic rings. The number of likely N-dealkylation sites (tertiary alicyclic amines) is 1. The number of aromatic carboxylic acids is 1. The van der Waals surface area contributed by atoms with Crippen molar-refractivity contribution in [3.63, 3.8) is 0 Å². The van der Waals surface area contributed by atoms with E-state index in [2.05, 4.69) is 16.0 Å². The van der Waals surface area contributed by atoms with Gasteiger partial charge in [-0.1, -0.05) is 24.6 Å². The molecule has 1 fully saturated rings. The first-order valence-corrected chi connectivity index (χ1v) is 16.2. The molecular formula is C37H35F3N6O5. The fourth-order valence-electron chi connectivity index (χ4n) is 6.76. The first kappa shape index (κ1) is 35.0. The fourth-order valence-corrected chi connectivity index (χ4v) is 6.76. The van der Waals surface area contributed by atoms with Gasteiger partial charge in [-0.2, -0.15) is 13.2 Å². The number of carbonyl (C=O) groups excluding carboxylic acids is 3. The zero-order chi connectivity index (χ0) is 36.6. The van der Waals surface area contributed by atoms with Gasteiger partial charge in [0.25, 0.3) is 17.7 Å². The number of alkyl halides is 3. The number of nitrogens with zero attached hydrogens (tertiary/aromatic N) is 2. The number of nitrogens with two attached hydrogens (primary N) is 1. The Morgan fingerprint density at radius 2 is 1.63 bits per heavy atom. The molecule has 1 unspecified atom stereocenters. The Morgan fingerprint density at radius 3 is 2.31 bits per heavy atom. The lowest BCUT2D eigenvalue weighted by atomic mass is 10.0. The second-order valence-corrected chi connectivity index (χ2v) is 12.5. The van der Waals surface area contributed by atoms with Crippen molar-refractivity contribution in [2.75, 3.05) is 29.0 Å². The van der Waals surface area contributed by atoms with Crippen molar-refractivity contribution >= 4 is 58.1 Å². The predicted molar refractivity (Wildman–Crippen MR) is 187 cm³/mol. The van der Waals surface area contributed by atoms with Gasteiger partial charge in [0.2, 0.25) is 0 Å². The molecule has 0 spiro atoms. The number of piperidine rings is 1. The monoisotopic (exact) mass is 700 g/mol. The summed E-state index contributed by atoms with van der Waals surface area (Å²) in [5.41, 5.74) is 8.84. The maximum Gasteiger partial charge on any atom is 0.416 e. The second-order valence-electron chi connectivity index (χ2n) is 12.5. The van der Waals surface area contributed by atoms with Crippen molar-refractivity contribution in [3.05, 3.63) is 106 Å². The highest BCUT2D eigenvalue weighted by molar-refractivity contribution is 6.35. The summed E-state index contributed by atoms with van der Waals surface area (Å²) in [6, 6.07) is 15.9. The van der Waals surface area contributed by atoms with Crippen LogP contribution in [0.2, 0.25) is 0 Å². The van der Waals surface area contributed by atoms with Crippen molar-refractivity contribution < 1.29 is 37.5 Å². The topological polar surface area (TPSA) is 159 Å². The Labute approximate surface area is 290 Å². The molecule has 264 valence electrons. The van der Waals surface area contributed by atoms with Crippen LogP contribution in [0.3, 0.4) is 0 Å². The van der Waals surface area contributed by atoms with Gasteiger partial charge >= 0.3 is 12.1 Å². The van der Waals surface area contributed by atoms with E-state index in [4.69, 9.17) is 5.73 Å². The molecule has 11 nitrogen and oxygen atoms in total. The van der Waals surface area contributed by atoms with Crippen LogP contribution in [0.25, 0.3) is 11.6 Å². The molecule has 1 atom stereocenters. The zero-order valence-corrected chi connectivity index (χ0v) is 27.7. The Balaban J connectivity index is 1.27. The van der Waals surface area contributed by atoms with Gasteiger partial charge in [0.15, 0.2) is 6.17 Å². The van der Waals surface area contributed by atoms with E-state index in [-0.39, 0.29) is 16.7 Å². The maximum absolute atomic E-state index is 13.4. The summed E-state index contributed by atoms with van der Waals surface area (Å²) in [4.78, 5) is 53.3. The number of carbonyl (C=O) groups is 4. The molecule has 3 aromatic carbocycles. The van der Waals surface area contributed by atoms with E-state index < -0.39 is 41.6 Å². The molecule has 51 heavy (non-hydrogen) atoms. The molecule has 0 radical (unpaired) electrons. The minimum atomic E-state index is -4.58. The molecule has 0 saturated carbocycles. The van der Waals surface area contributed by atoms with Gasteiger partial charge in [-0.25, -0.2) is 4.79 Å². The van der Waals surface area contributed by atoms with Crippen LogP contribution >= 0.6 is 0 Å². The molecule has 3 amide bonds. The van der Waals surface area contributed by atoms with Crippen LogP contribution in [0.15, 0.2) is 66.7 Å². The smallest absolute Gasteiger partial charge is 0.416 e. The number of fused-ring (bicyclic) bond motifs is 1. The predicted octanol–water partition coefficient (Wildman–Crippen LogP) is 6.78. The molecule has 1 saturated heterocycles. The number of amides is 3. The van der Waals surface area contributed by atoms with E-state index in [0.29, 0.717) is 58.4 Å². The first-order chi connectivity index (χ1) is 24.2. The standard InChI is InChI=1S/C37H35F3N6O5/c1-20-30(46(21(2)31(20)36(50)51)35(32(41)47)45-14-4-3-5-15-45)19-28-27-13-12-26(18-29(27)44-34(28)49)42-24-10-7-11-25(17-24)43-33(48)22-8-6-9-23(16-22)37(38,39)40/h6-13,16-19,35,42H,3-5,14-15H2,1-2H3,(H2,41,47)(H,43,48)(H,44,49)(H,50,51). The van der Waals surface area contributed by atoms with E-state index in [1.54, 1.807) is 67.0 Å². The van der Waals surface area contributed by atoms with E-state index >= 15 is 0 Å². The lowest BCUT2D eigenvalue weighted by Crippen LogP contribution is -2.44. The third-order valence-electron chi connectivity index (χ3n) is 9.14. The van der Waals surface area contributed by atoms with Crippen LogP contribution in [0.4, 0.5) is 35.9 Å². The van der Waals surface area contributed by atoms with Crippen LogP contribution in [-0.2, 0) is 15.8 Å². The SMILES string of the molecule is Cc1c(C(=O)O)c(C)n(C(C(N)=O)N2CCCCC2)c1C=C1C(=O)Nc2cc(Nc3cccc(NC(=O)c4cccc(C(F)(F)F)c4)c3)ccc21. The number of halogens is 3. The van der Waals surface area contributed by atoms with Crippen LogP contribution in [0, 0.1) is 13.8 Å². The number of carboxylic acid groups (broad SMARTS) is 1. The molecule has 6 rings (SSSR count). The van der Waals surface area contributed by atoms with Gasteiger partial charge in [0.1, 0.15) is 0 Å². The highest BCUT2D eigenvalue weighted by atomic mass is 19.4. The summed E-state index contributed by atoms with van der Waals surface area (Å²) < 4.78 is 41.0. The van der Waals surface area contributed by atoms with Gasteiger partial charge in [-0.05, 0) is 86.9 Å². The second kappa shape index (κ2) is 13.8. The van der Waals surface area contributed by atoms with E-state index in [1.807, 2.05) is 4.90 Å². The summed E-state index contributed by atoms with van der Waals surface area (Å²) in [5, 5.41) is 18.7. The Morgan fingerprint density at radius 1 is 0.941 bits per heavy atom. The van der Waals surface area contributed by atoms with Crippen molar-refractivity contribution in [1.82, 2.24) is 9.47 Å². The molecular weight excluding hydrogens is 665 g/mol. The van der Waals surface area contributed by atoms with E-state index in [1.165, 1.54) is 12.1 Å². The number of anilines is 4. The number of nitrogens with one attached hydrogen (secondary N) is 3. The number of hydrogen-bond donors (Lipinski definition) is 5. The van der Waals surface area contributed by atoms with Crippen LogP contribution < -0.4 is 21.7 Å². The Kier molecular flexibility index (Phi) is 9.45. The van der Waals surface area contributed by atoms with Crippen LogP contribution in [0.5, 0.6) is 0 Å². The summed E-state index contributed by atoms with van der Waals surface area (Å²) >= 11 is 0. The Bertz CT molecular complexity index is 2100. The lowest BCUT2D eigenvalue weighted by Gasteiger charge is -2.35. The average molecular weight is 701 g/mol. The molecule has 3 heterocycles. The van der Waals surface area contributed by atoms with Gasteiger partial charge in [0.05, 0.1) is 22.4 Å². The number of rotatable bonds is 9. The van der Waals surface area contributed by atoms with Crippen molar-refractivity contribution in [2.45, 2.75) is 45.5 Å². The number of primary amides is 1. The molecule has 6 N–H and O–H groups in total. The maximum atomic E-state index is 13.4. The third-order valence-corrected chi connectivity index (χ3v) is 9.14. The third kappa shape index (κ3) is 7.08. The normalized spacial score (nSPS) is 16.0. The number of carboxylic acids is 1. The minimum absolute atomic E-state index is 0.0385. The zero-order valence-electron chi connectivity index (χ0n) is 27.7. The van der Waals surface area contributed by atoms with Crippen LogP contribution in [-0.4, -0.2) is 51.4 Å². The minimum Gasteiger partial charge on any atom is -0.478 e. The van der Waals surface area contributed by atoms with Gasteiger partial charge in [0, 0.05) is 52.7 Å². The van der Waals surface area contributed by atoms with E-state index in [0.717, 1.165) is 31.4 Å². The van der Waals surface area contributed by atoms with Crippen LogP contribution in [0.1, 0.15) is 74.2 Å². The van der Waals surface area contributed by atoms with Gasteiger partial charge in [-0.15, -0.1) is 0 Å². The lowest BCUT2D eigenvalue weighted by molar-refractivity contribution is -0.137. The highest BCUT2D eigenvalue weighted by Crippen LogP contribution is 2.38. The fraction of sp³-hybridized carbons (Fsp3) is 0.243. The highest BCUT2D eigenvalue weighted by Gasteiger charge is 2.35. The first-order valence-electron chi connectivity index (χ1n) is 16.2. The quantitative estimate of drug-likeness (QED) is 0.120. The summed E-state index contributed by atoms with van der Waals surface area (Å²) in [5.74, 6) is -2.91. The summed E-state index contributed by atoms with van der Waals surface area (Å²) in [7, 11) is 0. The van der Waals surface area contributed by atoms with Gasteiger partial charge < -0.3 is 31.4 Å². The van der Waals surface area contributed by atoms with Crippen molar-refractivity contribution in [3.8, 4) is 0 Å². The molecule has 14 heteroatoms. The Hall–Kier alpha value is -5.89. The van der Waals surface area contributed by atoms with Crippen molar-refractivity contribution in [2.24, 2.45) is 5.73 Å². The molecule has 0 bridgehead atoms. The van der Waals surface area contributed by atoms with Gasteiger partial charge in [-0.3, -0.25) is 19.3 Å².